The first-order chi connectivity index (χ1) is 15.0. The smallest absolute Gasteiger partial charge is 0.298 e. The number of rotatable bonds is 8. The Balaban J connectivity index is 1.53. The lowest BCUT2D eigenvalue weighted by molar-refractivity contribution is -0.384. The van der Waals surface area contributed by atoms with Crippen LogP contribution < -0.4 is 0 Å². The van der Waals surface area contributed by atoms with E-state index in [9.17, 15) is 14.7 Å². The van der Waals surface area contributed by atoms with Crippen molar-refractivity contribution in [1.29, 1.82) is 0 Å². The van der Waals surface area contributed by atoms with Gasteiger partial charge in [0.25, 0.3) is 5.69 Å². The van der Waals surface area contributed by atoms with E-state index in [-0.39, 0.29) is 5.69 Å². The van der Waals surface area contributed by atoms with Crippen molar-refractivity contribution in [3.63, 3.8) is 0 Å². The summed E-state index contributed by atoms with van der Waals surface area (Å²) in [7, 11) is -3.01. The number of nitro groups is 1. The zero-order valence-corrected chi connectivity index (χ0v) is 17.9. The predicted molar refractivity (Wildman–Crippen MR) is 116 cm³/mol. The van der Waals surface area contributed by atoms with E-state index >= 15 is 0 Å². The van der Waals surface area contributed by atoms with Crippen LogP contribution in [0, 0.1) is 10.1 Å². The van der Waals surface area contributed by atoms with E-state index in [0.29, 0.717) is 11.5 Å². The summed E-state index contributed by atoms with van der Waals surface area (Å²) in [5.41, 5.74) is 1.93. The van der Waals surface area contributed by atoms with Gasteiger partial charge in [-0.25, -0.2) is 14.3 Å². The van der Waals surface area contributed by atoms with Crippen molar-refractivity contribution in [2.75, 3.05) is 26.2 Å². The molecular formula is C21H22N5O4P. The number of hydrogen-bond acceptors (Lipinski definition) is 5. The number of benzene rings is 2. The van der Waals surface area contributed by atoms with Gasteiger partial charge in [-0.05, 0) is 24.6 Å². The van der Waals surface area contributed by atoms with Gasteiger partial charge in [0.2, 0.25) is 0 Å². The van der Waals surface area contributed by atoms with Crippen LogP contribution in [0.3, 0.4) is 0 Å². The molecule has 2 saturated heterocycles. The largest absolute Gasteiger partial charge is 0.346 e. The maximum atomic E-state index is 13.4. The lowest BCUT2D eigenvalue weighted by atomic mass is 10.1. The highest BCUT2D eigenvalue weighted by molar-refractivity contribution is 7.54. The number of aromatic nitrogens is 2. The molecular weight excluding hydrogens is 417 g/mol. The van der Waals surface area contributed by atoms with Crippen LogP contribution in [-0.2, 0) is 9.09 Å². The Morgan fingerprint density at radius 2 is 1.77 bits per heavy atom. The van der Waals surface area contributed by atoms with Crippen LogP contribution >= 0.6 is 7.67 Å². The molecule has 0 saturated carbocycles. The summed E-state index contributed by atoms with van der Waals surface area (Å²) in [6.07, 6.45) is 2.83. The van der Waals surface area contributed by atoms with E-state index in [4.69, 9.17) is 4.52 Å². The first-order valence-corrected chi connectivity index (χ1v) is 11.7. The monoisotopic (exact) mass is 439 g/mol. The minimum absolute atomic E-state index is 0.0359. The highest BCUT2D eigenvalue weighted by Gasteiger charge is 2.50. The van der Waals surface area contributed by atoms with Crippen molar-refractivity contribution in [3.05, 3.63) is 76.6 Å². The van der Waals surface area contributed by atoms with Gasteiger partial charge in [0.1, 0.15) is 11.5 Å². The van der Waals surface area contributed by atoms with Crippen LogP contribution in [0.2, 0.25) is 0 Å². The molecule has 2 aliphatic rings. The maximum Gasteiger partial charge on any atom is 0.346 e. The molecule has 3 heterocycles. The van der Waals surface area contributed by atoms with Crippen molar-refractivity contribution in [2.24, 2.45) is 0 Å². The third kappa shape index (κ3) is 3.81. The number of imidazole rings is 1. The van der Waals surface area contributed by atoms with Gasteiger partial charge < -0.3 is 0 Å². The molecule has 2 aromatic carbocycles. The molecule has 0 amide bonds. The molecule has 2 aliphatic heterocycles. The zero-order valence-electron chi connectivity index (χ0n) is 17.0. The summed E-state index contributed by atoms with van der Waals surface area (Å²) in [4.78, 5) is 15.8. The highest BCUT2D eigenvalue weighted by atomic mass is 31.2. The fraction of sp³-hybridized carbons (Fsp3) is 0.286. The third-order valence-corrected chi connectivity index (χ3v) is 8.28. The van der Waals surface area contributed by atoms with Gasteiger partial charge in [-0.15, -0.1) is 0 Å². The molecule has 1 atom stereocenters. The van der Waals surface area contributed by atoms with Crippen molar-refractivity contribution in [1.82, 2.24) is 18.9 Å². The van der Waals surface area contributed by atoms with E-state index in [1.807, 2.05) is 46.6 Å². The Bertz CT molecular complexity index is 1160. The third-order valence-electron chi connectivity index (χ3n) is 5.46. The molecule has 1 aromatic heterocycles. The van der Waals surface area contributed by atoms with Gasteiger partial charge >= 0.3 is 7.67 Å². The van der Waals surface area contributed by atoms with E-state index in [1.54, 1.807) is 29.1 Å². The molecule has 9 nitrogen and oxygen atoms in total. The standard InChI is InChI=1S/C21H22N5O4P/c1-16(30-31(29,23-11-12-23)24-13-14-24)18-7-8-19(26(27)28)20(15-18)25-10-9-22-21(25)17-5-3-2-4-6-17/h2-10,15-16H,11-14H2,1H3. The van der Waals surface area contributed by atoms with E-state index in [2.05, 4.69) is 4.98 Å². The summed E-state index contributed by atoms with van der Waals surface area (Å²) in [5, 5.41) is 11.8. The van der Waals surface area contributed by atoms with Crippen LogP contribution in [0.5, 0.6) is 0 Å². The molecule has 3 aromatic rings. The van der Waals surface area contributed by atoms with Crippen molar-refractivity contribution >= 4 is 13.4 Å². The van der Waals surface area contributed by atoms with Gasteiger partial charge in [-0.1, -0.05) is 30.3 Å². The predicted octanol–water partition coefficient (Wildman–Crippen LogP) is 4.26. The highest BCUT2D eigenvalue weighted by Crippen LogP contribution is 2.63. The van der Waals surface area contributed by atoms with Crippen LogP contribution in [0.1, 0.15) is 18.6 Å². The lowest BCUT2D eigenvalue weighted by Gasteiger charge is -2.24. The first kappa shape index (κ1) is 20.1. The average molecular weight is 439 g/mol. The molecule has 0 spiro atoms. The summed E-state index contributed by atoms with van der Waals surface area (Å²) in [5.74, 6) is 0.605. The topological polar surface area (TPSA) is 93.3 Å². The molecule has 2 fully saturated rings. The zero-order chi connectivity index (χ0) is 21.6. The number of nitrogens with zero attached hydrogens (tertiary/aromatic N) is 5. The van der Waals surface area contributed by atoms with Crippen molar-refractivity contribution in [3.8, 4) is 17.1 Å². The summed E-state index contributed by atoms with van der Waals surface area (Å²) in [6, 6.07) is 14.4. The fourth-order valence-corrected chi connectivity index (χ4v) is 5.96. The van der Waals surface area contributed by atoms with Crippen LogP contribution in [0.25, 0.3) is 17.1 Å². The molecule has 160 valence electrons. The Morgan fingerprint density at radius 1 is 1.10 bits per heavy atom. The second-order valence-corrected chi connectivity index (χ2v) is 9.96. The van der Waals surface area contributed by atoms with Gasteiger partial charge in [-0.3, -0.25) is 23.8 Å². The van der Waals surface area contributed by atoms with Gasteiger partial charge in [0, 0.05) is 50.2 Å². The van der Waals surface area contributed by atoms with Crippen molar-refractivity contribution < 1.29 is 14.0 Å². The summed E-state index contributed by atoms with van der Waals surface area (Å²) >= 11 is 0. The summed E-state index contributed by atoms with van der Waals surface area (Å²) in [6.45, 7) is 4.89. The molecule has 0 bridgehead atoms. The minimum atomic E-state index is -3.01. The first-order valence-electron chi connectivity index (χ1n) is 10.1. The second-order valence-electron chi connectivity index (χ2n) is 7.64. The van der Waals surface area contributed by atoms with Crippen LogP contribution in [0.15, 0.2) is 60.9 Å². The Kier molecular flexibility index (Phi) is 4.98. The lowest BCUT2D eigenvalue weighted by Crippen LogP contribution is -2.11. The maximum absolute atomic E-state index is 13.4. The molecule has 0 N–H and O–H groups in total. The summed E-state index contributed by atoms with van der Waals surface area (Å²) < 4.78 is 24.8. The SMILES string of the molecule is CC(OP(=O)(N1CC1)N1CC1)c1ccc([N+](=O)[O-])c(-n2ccnc2-c2ccccc2)c1. The van der Waals surface area contributed by atoms with Gasteiger partial charge in [-0.2, -0.15) is 0 Å². The van der Waals surface area contributed by atoms with Gasteiger partial charge in [0.05, 0.1) is 11.0 Å². The minimum Gasteiger partial charge on any atom is -0.298 e. The van der Waals surface area contributed by atoms with E-state index < -0.39 is 18.7 Å². The van der Waals surface area contributed by atoms with Gasteiger partial charge in [0.15, 0.2) is 0 Å². The molecule has 0 radical (unpaired) electrons. The molecule has 10 heteroatoms. The molecule has 5 rings (SSSR count). The van der Waals surface area contributed by atoms with Crippen molar-refractivity contribution in [2.45, 2.75) is 13.0 Å². The molecule has 31 heavy (non-hydrogen) atoms. The normalized spacial score (nSPS) is 17.5. The Labute approximate surface area is 179 Å². The quantitative estimate of drug-likeness (QED) is 0.224. The molecule has 0 aliphatic carbocycles. The second kappa shape index (κ2) is 7.69. The number of hydrogen-bond donors (Lipinski definition) is 0. The van der Waals surface area contributed by atoms with Crippen LogP contribution in [-0.4, -0.2) is 50.0 Å². The van der Waals surface area contributed by atoms with E-state index in [1.165, 1.54) is 6.07 Å². The Hall–Kier alpha value is -2.84. The van der Waals surface area contributed by atoms with Crippen LogP contribution in [0.4, 0.5) is 5.69 Å². The van der Waals surface area contributed by atoms with E-state index in [0.717, 1.165) is 37.3 Å². The average Bonchev–Trinajstić information content (AvgIpc) is 3.70. The number of nitro benzene ring substituents is 1. The fourth-order valence-electron chi connectivity index (χ4n) is 3.61. The Morgan fingerprint density at radius 3 is 2.39 bits per heavy atom. The molecule has 1 unspecified atom stereocenters.